The van der Waals surface area contributed by atoms with E-state index >= 15 is 0 Å². The number of fused-ring (bicyclic) bond motifs is 1. The van der Waals surface area contributed by atoms with Gasteiger partial charge in [0.25, 0.3) is 5.56 Å². The first kappa shape index (κ1) is 17.5. The molecule has 5 rings (SSSR count). The van der Waals surface area contributed by atoms with E-state index in [0.29, 0.717) is 5.82 Å². The van der Waals surface area contributed by atoms with E-state index in [-0.39, 0.29) is 11.5 Å². The number of hydrogen-bond acceptors (Lipinski definition) is 6. The molecule has 0 spiro atoms. The fourth-order valence-corrected chi connectivity index (χ4v) is 4.04. The van der Waals surface area contributed by atoms with E-state index in [9.17, 15) is 4.79 Å². The summed E-state index contributed by atoms with van der Waals surface area (Å²) >= 11 is 0. The maximum Gasteiger partial charge on any atom is 0.251 e. The minimum atomic E-state index is -0.0975. The highest BCUT2D eigenvalue weighted by molar-refractivity contribution is 5.74. The van der Waals surface area contributed by atoms with Gasteiger partial charge in [-0.1, -0.05) is 30.3 Å². The number of nitrogens with one attached hydrogen (secondary N) is 1. The Balaban J connectivity index is 1.54. The third-order valence-corrected chi connectivity index (χ3v) is 5.38. The van der Waals surface area contributed by atoms with Gasteiger partial charge in [0.1, 0.15) is 12.2 Å². The molecule has 1 atom stereocenters. The molecule has 4 heterocycles. The number of hydrogen-bond donors (Lipinski definition) is 1. The molecule has 8 nitrogen and oxygen atoms in total. The minimum absolute atomic E-state index is 0.0975. The maximum absolute atomic E-state index is 11.9. The molecule has 0 amide bonds. The van der Waals surface area contributed by atoms with E-state index in [1.807, 2.05) is 37.3 Å². The van der Waals surface area contributed by atoms with Crippen molar-refractivity contribution in [1.29, 1.82) is 0 Å². The lowest BCUT2D eigenvalue weighted by atomic mass is 9.94. The zero-order valence-corrected chi connectivity index (χ0v) is 16.1. The molecular weight excluding hydrogens is 366 g/mol. The van der Waals surface area contributed by atoms with E-state index in [1.165, 1.54) is 0 Å². The van der Waals surface area contributed by atoms with E-state index < -0.39 is 0 Å². The van der Waals surface area contributed by atoms with Crippen LogP contribution in [0, 0.1) is 6.92 Å². The van der Waals surface area contributed by atoms with Gasteiger partial charge < -0.3 is 9.88 Å². The molecule has 3 aromatic heterocycles. The molecule has 1 saturated heterocycles. The average molecular weight is 387 g/mol. The predicted octanol–water partition coefficient (Wildman–Crippen LogP) is 2.57. The summed E-state index contributed by atoms with van der Waals surface area (Å²) in [7, 11) is 0. The first-order valence-electron chi connectivity index (χ1n) is 9.77. The van der Waals surface area contributed by atoms with Crippen LogP contribution in [0.15, 0.2) is 53.6 Å². The summed E-state index contributed by atoms with van der Waals surface area (Å²) in [5.41, 5.74) is 4.42. The molecule has 0 aliphatic carbocycles. The Morgan fingerprint density at radius 2 is 2.03 bits per heavy atom. The number of rotatable bonds is 3. The second kappa shape index (κ2) is 7.12. The van der Waals surface area contributed by atoms with Crippen LogP contribution in [0.2, 0.25) is 0 Å². The second-order valence-corrected chi connectivity index (χ2v) is 7.42. The molecular formula is C21H21N7O. The lowest BCUT2D eigenvalue weighted by Crippen LogP contribution is -2.35. The van der Waals surface area contributed by atoms with Gasteiger partial charge in [0, 0.05) is 30.6 Å². The van der Waals surface area contributed by atoms with Crippen LogP contribution >= 0.6 is 0 Å². The van der Waals surface area contributed by atoms with Crippen LogP contribution < -0.4 is 10.5 Å². The SMILES string of the molecule is Cc1nc(C2CCCN(c3cc(-c4ccccc4)nn4cnnc34)C2)cc(=O)[nH]1. The maximum atomic E-state index is 11.9. The molecule has 29 heavy (non-hydrogen) atoms. The molecule has 1 aliphatic rings. The summed E-state index contributed by atoms with van der Waals surface area (Å²) in [6, 6.07) is 13.8. The number of nitrogens with zero attached hydrogens (tertiary/aromatic N) is 6. The highest BCUT2D eigenvalue weighted by Crippen LogP contribution is 2.32. The number of aryl methyl sites for hydroxylation is 1. The summed E-state index contributed by atoms with van der Waals surface area (Å²) in [4.78, 5) is 21.5. The second-order valence-electron chi connectivity index (χ2n) is 7.42. The lowest BCUT2D eigenvalue weighted by Gasteiger charge is -2.34. The smallest absolute Gasteiger partial charge is 0.251 e. The highest BCUT2D eigenvalue weighted by Gasteiger charge is 2.25. The summed E-state index contributed by atoms with van der Waals surface area (Å²) < 4.78 is 1.73. The van der Waals surface area contributed by atoms with Gasteiger partial charge in [-0.3, -0.25) is 4.79 Å². The molecule has 1 aromatic carbocycles. The van der Waals surface area contributed by atoms with Gasteiger partial charge in [-0.2, -0.15) is 9.61 Å². The van der Waals surface area contributed by atoms with Gasteiger partial charge in [0.2, 0.25) is 5.65 Å². The van der Waals surface area contributed by atoms with Crippen molar-refractivity contribution < 1.29 is 0 Å². The van der Waals surface area contributed by atoms with Crippen LogP contribution in [0.1, 0.15) is 30.3 Å². The van der Waals surface area contributed by atoms with Gasteiger partial charge in [-0.25, -0.2) is 4.98 Å². The Kier molecular flexibility index (Phi) is 4.31. The Bertz CT molecular complexity index is 1210. The van der Waals surface area contributed by atoms with Gasteiger partial charge in [-0.15, -0.1) is 10.2 Å². The van der Waals surface area contributed by atoms with Crippen molar-refractivity contribution in [2.45, 2.75) is 25.7 Å². The molecule has 0 bridgehead atoms. The van der Waals surface area contributed by atoms with Crippen LogP contribution in [-0.2, 0) is 0 Å². The Labute approximate surface area is 167 Å². The number of aromatic nitrogens is 6. The van der Waals surface area contributed by atoms with Crippen molar-refractivity contribution >= 4 is 11.3 Å². The van der Waals surface area contributed by atoms with Crippen LogP contribution in [0.3, 0.4) is 0 Å². The zero-order chi connectivity index (χ0) is 19.8. The molecule has 1 fully saturated rings. The Morgan fingerprint density at radius 3 is 2.86 bits per heavy atom. The number of piperidine rings is 1. The first-order valence-corrected chi connectivity index (χ1v) is 9.77. The van der Waals surface area contributed by atoms with Gasteiger partial charge in [0.15, 0.2) is 0 Å². The molecule has 1 N–H and O–H groups in total. The first-order chi connectivity index (χ1) is 14.2. The molecule has 0 saturated carbocycles. The van der Waals surface area contributed by atoms with Crippen LogP contribution in [0.5, 0.6) is 0 Å². The number of benzene rings is 1. The zero-order valence-electron chi connectivity index (χ0n) is 16.1. The van der Waals surface area contributed by atoms with Crippen molar-refractivity contribution in [3.63, 3.8) is 0 Å². The molecule has 4 aromatic rings. The van der Waals surface area contributed by atoms with E-state index in [0.717, 1.165) is 54.2 Å². The standard InChI is InChI=1S/C21H21N7O/c1-14-23-17(11-20(29)24-14)16-8-5-9-27(12-16)19-10-18(15-6-3-2-4-7-15)26-28-13-22-25-21(19)28/h2-4,6-7,10-11,13,16H,5,8-9,12H2,1H3,(H,23,24,29). The van der Waals surface area contributed by atoms with E-state index in [1.54, 1.807) is 16.9 Å². The van der Waals surface area contributed by atoms with Crippen molar-refractivity contribution in [1.82, 2.24) is 29.8 Å². The fraction of sp³-hybridized carbons (Fsp3) is 0.286. The molecule has 0 radical (unpaired) electrons. The lowest BCUT2D eigenvalue weighted by molar-refractivity contribution is 0.499. The number of anilines is 1. The minimum Gasteiger partial charge on any atom is -0.368 e. The monoisotopic (exact) mass is 387 g/mol. The van der Waals surface area contributed by atoms with Gasteiger partial charge in [0.05, 0.1) is 17.1 Å². The third kappa shape index (κ3) is 3.37. The Morgan fingerprint density at radius 1 is 1.17 bits per heavy atom. The van der Waals surface area contributed by atoms with Crippen LogP contribution in [0.25, 0.3) is 16.9 Å². The number of aromatic amines is 1. The molecule has 8 heteroatoms. The topological polar surface area (TPSA) is 92.1 Å². The van der Waals surface area contributed by atoms with Gasteiger partial charge in [-0.05, 0) is 25.8 Å². The summed E-state index contributed by atoms with van der Waals surface area (Å²) in [5, 5.41) is 13.0. The van der Waals surface area contributed by atoms with Crippen molar-refractivity contribution in [2.75, 3.05) is 18.0 Å². The van der Waals surface area contributed by atoms with Crippen molar-refractivity contribution in [2.24, 2.45) is 0 Å². The highest BCUT2D eigenvalue weighted by atomic mass is 16.1. The normalized spacial score (nSPS) is 17.0. The molecule has 1 aliphatic heterocycles. The fourth-order valence-electron chi connectivity index (χ4n) is 4.04. The summed E-state index contributed by atoms with van der Waals surface area (Å²) in [6.07, 6.45) is 3.65. The van der Waals surface area contributed by atoms with Crippen molar-refractivity contribution in [3.05, 3.63) is 70.7 Å². The molecule has 146 valence electrons. The van der Waals surface area contributed by atoms with Gasteiger partial charge >= 0.3 is 0 Å². The number of H-pyrrole nitrogens is 1. The predicted molar refractivity (Wildman–Crippen MR) is 110 cm³/mol. The third-order valence-electron chi connectivity index (χ3n) is 5.38. The van der Waals surface area contributed by atoms with E-state index in [2.05, 4.69) is 36.2 Å². The van der Waals surface area contributed by atoms with Crippen LogP contribution in [0.4, 0.5) is 5.69 Å². The van der Waals surface area contributed by atoms with Crippen molar-refractivity contribution in [3.8, 4) is 11.3 Å². The van der Waals surface area contributed by atoms with E-state index in [4.69, 9.17) is 0 Å². The Hall–Kier alpha value is -3.55. The summed E-state index contributed by atoms with van der Waals surface area (Å²) in [5.74, 6) is 0.848. The molecule has 1 unspecified atom stereocenters. The average Bonchev–Trinajstić information content (AvgIpc) is 3.22. The largest absolute Gasteiger partial charge is 0.368 e. The van der Waals surface area contributed by atoms with Crippen LogP contribution in [-0.4, -0.2) is 42.9 Å². The quantitative estimate of drug-likeness (QED) is 0.581. The summed E-state index contributed by atoms with van der Waals surface area (Å²) in [6.45, 7) is 3.51.